The Labute approximate surface area is 124 Å². The van der Waals surface area contributed by atoms with Gasteiger partial charge in [0.05, 0.1) is 18.9 Å². The maximum absolute atomic E-state index is 11.9. The Balaban J connectivity index is 2.03. The molecule has 6 nitrogen and oxygen atoms in total. The summed E-state index contributed by atoms with van der Waals surface area (Å²) in [7, 11) is 1.48. The van der Waals surface area contributed by atoms with E-state index in [1.807, 2.05) is 0 Å². The van der Waals surface area contributed by atoms with Crippen LogP contribution in [0.2, 0.25) is 0 Å². The van der Waals surface area contributed by atoms with Crippen molar-refractivity contribution in [1.29, 1.82) is 0 Å². The van der Waals surface area contributed by atoms with Gasteiger partial charge in [0.1, 0.15) is 10.6 Å². The number of para-hydroxylation sites is 1. The van der Waals surface area contributed by atoms with Crippen LogP contribution < -0.4 is 10.2 Å². The first kappa shape index (κ1) is 14.7. The molecule has 0 saturated heterocycles. The number of nitrogens with one attached hydrogen (secondary N) is 1. The number of carboxylic acids is 1. The number of carboxylic acid groups (broad SMARTS) is 1. The number of methoxy groups -OCH3 is 1. The highest BCUT2D eigenvalue weighted by Gasteiger charge is 2.10. The average molecular weight is 304 g/mol. The van der Waals surface area contributed by atoms with E-state index >= 15 is 0 Å². The molecule has 0 unspecified atom stereocenters. The van der Waals surface area contributed by atoms with Crippen LogP contribution in [0, 0.1) is 0 Å². The van der Waals surface area contributed by atoms with Crippen molar-refractivity contribution < 1.29 is 19.4 Å². The topological polar surface area (TPSA) is 88.0 Å². The standard InChI is InChI=1S/C14H12N2O4S/c1-20-11-5-3-2-4-10(11)13(17)16-15-8-9-6-7-12(21-9)14(18)19/h2-8H,1H3,(H,16,17)(H,18,19). The number of carbonyl (C=O) groups is 2. The monoisotopic (exact) mass is 304 g/mol. The van der Waals surface area contributed by atoms with E-state index < -0.39 is 11.9 Å². The molecule has 7 heteroatoms. The lowest BCUT2D eigenvalue weighted by atomic mass is 10.2. The molecule has 2 N–H and O–H groups in total. The number of ether oxygens (including phenoxy) is 1. The third-order valence-electron chi connectivity index (χ3n) is 2.55. The molecule has 0 aliphatic rings. The summed E-state index contributed by atoms with van der Waals surface area (Å²) in [6.45, 7) is 0. The zero-order chi connectivity index (χ0) is 15.2. The number of thiophene rings is 1. The van der Waals surface area contributed by atoms with Crippen molar-refractivity contribution in [2.24, 2.45) is 5.10 Å². The summed E-state index contributed by atoms with van der Waals surface area (Å²) in [5, 5.41) is 12.6. The van der Waals surface area contributed by atoms with Crippen molar-refractivity contribution in [3.8, 4) is 5.75 Å². The van der Waals surface area contributed by atoms with Gasteiger partial charge in [0.25, 0.3) is 5.91 Å². The number of aromatic carboxylic acids is 1. The van der Waals surface area contributed by atoms with Gasteiger partial charge >= 0.3 is 5.97 Å². The Bertz CT molecular complexity index is 694. The lowest BCUT2D eigenvalue weighted by molar-refractivity contribution is 0.0702. The van der Waals surface area contributed by atoms with Gasteiger partial charge in [-0.25, -0.2) is 10.2 Å². The minimum atomic E-state index is -0.988. The van der Waals surface area contributed by atoms with Gasteiger partial charge in [0.2, 0.25) is 0 Å². The summed E-state index contributed by atoms with van der Waals surface area (Å²) < 4.78 is 5.08. The van der Waals surface area contributed by atoms with E-state index in [1.54, 1.807) is 30.3 Å². The van der Waals surface area contributed by atoms with E-state index in [4.69, 9.17) is 9.84 Å². The summed E-state index contributed by atoms with van der Waals surface area (Å²) in [5.41, 5.74) is 2.74. The van der Waals surface area contributed by atoms with Crippen LogP contribution in [0.25, 0.3) is 0 Å². The molecule has 0 bridgehead atoms. The van der Waals surface area contributed by atoms with Gasteiger partial charge in [-0.2, -0.15) is 5.10 Å². The predicted octanol–water partition coefficient (Wildman–Crippen LogP) is 2.22. The van der Waals surface area contributed by atoms with Gasteiger partial charge < -0.3 is 9.84 Å². The number of carbonyl (C=O) groups excluding carboxylic acids is 1. The largest absolute Gasteiger partial charge is 0.496 e. The predicted molar refractivity (Wildman–Crippen MR) is 79.3 cm³/mol. The molecule has 21 heavy (non-hydrogen) atoms. The Hall–Kier alpha value is -2.67. The first-order chi connectivity index (χ1) is 10.1. The summed E-state index contributed by atoms with van der Waals surface area (Å²) >= 11 is 1.07. The number of hydrogen-bond acceptors (Lipinski definition) is 5. The molecule has 0 spiro atoms. The third kappa shape index (κ3) is 3.67. The molecule has 0 atom stereocenters. The fraction of sp³-hybridized carbons (Fsp3) is 0.0714. The van der Waals surface area contributed by atoms with E-state index in [-0.39, 0.29) is 4.88 Å². The van der Waals surface area contributed by atoms with Crippen molar-refractivity contribution in [2.45, 2.75) is 0 Å². The first-order valence-corrected chi connectivity index (χ1v) is 6.73. The van der Waals surface area contributed by atoms with E-state index in [1.165, 1.54) is 19.4 Å². The minimum Gasteiger partial charge on any atom is -0.496 e. The smallest absolute Gasteiger partial charge is 0.345 e. The maximum Gasteiger partial charge on any atom is 0.345 e. The number of nitrogens with zero attached hydrogens (tertiary/aromatic N) is 1. The first-order valence-electron chi connectivity index (χ1n) is 5.91. The van der Waals surface area contributed by atoms with Crippen LogP contribution in [0.1, 0.15) is 24.9 Å². The van der Waals surface area contributed by atoms with E-state index in [2.05, 4.69) is 10.5 Å². The second kappa shape index (κ2) is 6.67. The fourth-order valence-corrected chi connectivity index (χ4v) is 2.30. The van der Waals surface area contributed by atoms with Crippen LogP contribution >= 0.6 is 11.3 Å². The van der Waals surface area contributed by atoms with E-state index in [0.29, 0.717) is 16.2 Å². The minimum absolute atomic E-state index is 0.215. The number of hydrazone groups is 1. The average Bonchev–Trinajstić information content (AvgIpc) is 2.96. The van der Waals surface area contributed by atoms with Crippen LogP contribution in [-0.2, 0) is 0 Å². The Morgan fingerprint density at radius 3 is 2.71 bits per heavy atom. The number of hydrogen-bond donors (Lipinski definition) is 2. The van der Waals surface area contributed by atoms with Crippen LogP contribution in [0.15, 0.2) is 41.5 Å². The van der Waals surface area contributed by atoms with Gasteiger partial charge in [-0.15, -0.1) is 11.3 Å². The highest BCUT2D eigenvalue weighted by atomic mass is 32.1. The van der Waals surface area contributed by atoms with Crippen molar-refractivity contribution in [3.05, 3.63) is 51.7 Å². The molecule has 1 heterocycles. The van der Waals surface area contributed by atoms with Gasteiger partial charge in [-0.3, -0.25) is 4.79 Å². The highest BCUT2D eigenvalue weighted by Crippen LogP contribution is 2.17. The lowest BCUT2D eigenvalue weighted by Crippen LogP contribution is -2.18. The van der Waals surface area contributed by atoms with Crippen molar-refractivity contribution in [2.75, 3.05) is 7.11 Å². The molecule has 1 aromatic carbocycles. The summed E-state index contributed by atoms with van der Waals surface area (Å²) in [4.78, 5) is 23.5. The normalized spacial score (nSPS) is 10.5. The fourth-order valence-electron chi connectivity index (χ4n) is 1.58. The van der Waals surface area contributed by atoms with Gasteiger partial charge in [0, 0.05) is 4.88 Å². The van der Waals surface area contributed by atoms with Gasteiger partial charge in [0.15, 0.2) is 0 Å². The molecule has 2 aromatic rings. The van der Waals surface area contributed by atoms with Crippen LogP contribution in [-0.4, -0.2) is 30.3 Å². The summed E-state index contributed by atoms with van der Waals surface area (Å²) in [6, 6.07) is 9.88. The summed E-state index contributed by atoms with van der Waals surface area (Å²) in [6.07, 6.45) is 1.39. The van der Waals surface area contributed by atoms with Crippen LogP contribution in [0.4, 0.5) is 0 Å². The third-order valence-corrected chi connectivity index (χ3v) is 3.55. The number of amides is 1. The Morgan fingerprint density at radius 2 is 2.05 bits per heavy atom. The molecule has 2 rings (SSSR count). The molecule has 0 aliphatic carbocycles. The molecular formula is C14H12N2O4S. The molecule has 0 aliphatic heterocycles. The second-order valence-electron chi connectivity index (χ2n) is 3.91. The maximum atomic E-state index is 11.9. The molecule has 1 aromatic heterocycles. The van der Waals surface area contributed by atoms with Crippen molar-refractivity contribution in [3.63, 3.8) is 0 Å². The molecule has 1 amide bonds. The lowest BCUT2D eigenvalue weighted by Gasteiger charge is -2.05. The SMILES string of the molecule is COc1ccccc1C(=O)NN=Cc1ccc(C(=O)O)s1. The second-order valence-corrected chi connectivity index (χ2v) is 5.02. The molecule has 0 saturated carbocycles. The molecule has 108 valence electrons. The zero-order valence-corrected chi connectivity index (χ0v) is 11.9. The van der Waals surface area contributed by atoms with Crippen molar-refractivity contribution in [1.82, 2.24) is 5.43 Å². The zero-order valence-electron chi connectivity index (χ0n) is 11.1. The van der Waals surface area contributed by atoms with E-state index in [0.717, 1.165) is 11.3 Å². The summed E-state index contributed by atoms with van der Waals surface area (Å²) in [5.74, 6) is -0.939. The Kier molecular flexibility index (Phi) is 4.68. The molecular weight excluding hydrogens is 292 g/mol. The van der Waals surface area contributed by atoms with Crippen LogP contribution in [0.5, 0.6) is 5.75 Å². The molecule has 0 fully saturated rings. The quantitative estimate of drug-likeness (QED) is 0.655. The van der Waals surface area contributed by atoms with Crippen LogP contribution in [0.3, 0.4) is 0 Å². The van der Waals surface area contributed by atoms with Crippen molar-refractivity contribution >= 4 is 29.4 Å². The van der Waals surface area contributed by atoms with Gasteiger partial charge in [-0.05, 0) is 24.3 Å². The van der Waals surface area contributed by atoms with E-state index in [9.17, 15) is 9.59 Å². The number of rotatable bonds is 5. The highest BCUT2D eigenvalue weighted by molar-refractivity contribution is 7.15. The Morgan fingerprint density at radius 1 is 1.29 bits per heavy atom. The molecule has 0 radical (unpaired) electrons. The van der Waals surface area contributed by atoms with Gasteiger partial charge in [-0.1, -0.05) is 12.1 Å². The number of benzene rings is 1.